The molecular formula is C22H23N5O4. The van der Waals surface area contributed by atoms with E-state index >= 15 is 0 Å². The Morgan fingerprint density at radius 3 is 2.61 bits per heavy atom. The lowest BCUT2D eigenvalue weighted by atomic mass is 10.1. The predicted octanol–water partition coefficient (Wildman–Crippen LogP) is 1.60. The number of hydrogen-bond acceptors (Lipinski definition) is 5. The molecule has 2 aromatic carbocycles. The normalized spacial score (nSPS) is 23.4. The van der Waals surface area contributed by atoms with Gasteiger partial charge in [0, 0.05) is 20.6 Å². The molecule has 5 rings (SSSR count). The third-order valence-corrected chi connectivity index (χ3v) is 5.82. The van der Waals surface area contributed by atoms with E-state index in [1.165, 1.54) is 11.9 Å². The molecule has 0 radical (unpaired) electrons. The lowest BCUT2D eigenvalue weighted by Gasteiger charge is -2.39. The second-order valence-electron chi connectivity index (χ2n) is 7.77. The molecule has 2 aromatic rings. The molecule has 2 unspecified atom stereocenters. The van der Waals surface area contributed by atoms with E-state index in [1.807, 2.05) is 53.4 Å². The third kappa shape index (κ3) is 3.31. The number of likely N-dealkylation sites (N-methyl/N-ethyl adjacent to an activating group) is 2. The van der Waals surface area contributed by atoms with Crippen LogP contribution in [-0.4, -0.2) is 65.7 Å². The monoisotopic (exact) mass is 421 g/mol. The lowest BCUT2D eigenvalue weighted by Crippen LogP contribution is -2.65. The molecule has 2 saturated heterocycles. The van der Waals surface area contributed by atoms with Crippen molar-refractivity contribution in [2.75, 3.05) is 20.9 Å². The topological polar surface area (TPSA) is 86.7 Å². The molecule has 31 heavy (non-hydrogen) atoms. The van der Waals surface area contributed by atoms with E-state index < -0.39 is 12.2 Å². The first-order valence-corrected chi connectivity index (χ1v) is 10.1. The first kappa shape index (κ1) is 19.2. The predicted molar refractivity (Wildman–Crippen MR) is 112 cm³/mol. The van der Waals surface area contributed by atoms with Gasteiger partial charge in [0.2, 0.25) is 6.79 Å². The van der Waals surface area contributed by atoms with Crippen LogP contribution >= 0.6 is 0 Å². The average molecular weight is 421 g/mol. The standard InChI is InChI=1S/C22H23N5O4/c1-25-19-18(20(28)26(2)22(25)29)27(12-14-6-4-3-5-7-14)21(24-19)23-11-15-8-9-16-17(10-15)31-13-30-16/h3-10,18-19H,11-13H2,1-2H3,(H,23,24). The Bertz CT molecular complexity index is 1060. The largest absolute Gasteiger partial charge is 0.454 e. The van der Waals surface area contributed by atoms with E-state index in [0.717, 1.165) is 16.9 Å². The highest BCUT2D eigenvalue weighted by Gasteiger charge is 2.52. The summed E-state index contributed by atoms with van der Waals surface area (Å²) in [6.45, 7) is 1.11. The fraction of sp³-hybridized carbons (Fsp3) is 0.318. The number of ether oxygens (including phenoxy) is 2. The van der Waals surface area contributed by atoms with Gasteiger partial charge in [0.1, 0.15) is 6.17 Å². The molecule has 0 bridgehead atoms. The summed E-state index contributed by atoms with van der Waals surface area (Å²) in [6.07, 6.45) is -0.476. The molecular weight excluding hydrogens is 398 g/mol. The van der Waals surface area contributed by atoms with Crippen LogP contribution in [0.4, 0.5) is 4.79 Å². The van der Waals surface area contributed by atoms with Gasteiger partial charge in [-0.15, -0.1) is 0 Å². The maximum absolute atomic E-state index is 13.0. The molecule has 3 aliphatic heterocycles. The number of urea groups is 1. The Kier molecular flexibility index (Phi) is 4.65. The molecule has 0 aliphatic carbocycles. The van der Waals surface area contributed by atoms with Crippen molar-refractivity contribution in [3.8, 4) is 11.5 Å². The Hall–Kier alpha value is -3.75. The molecule has 3 aliphatic rings. The molecule has 3 amide bonds. The zero-order valence-electron chi connectivity index (χ0n) is 17.3. The average Bonchev–Trinajstić information content (AvgIpc) is 3.40. The van der Waals surface area contributed by atoms with E-state index in [9.17, 15) is 9.59 Å². The fourth-order valence-corrected chi connectivity index (χ4v) is 4.12. The number of rotatable bonds is 4. The maximum Gasteiger partial charge on any atom is 0.327 e. The van der Waals surface area contributed by atoms with Gasteiger partial charge in [0.05, 0.1) is 6.54 Å². The van der Waals surface area contributed by atoms with E-state index in [-0.39, 0.29) is 18.7 Å². The molecule has 2 atom stereocenters. The second kappa shape index (κ2) is 7.50. The van der Waals surface area contributed by atoms with Crippen LogP contribution in [0.3, 0.4) is 0 Å². The molecule has 0 saturated carbocycles. The number of carbonyl (C=O) groups excluding carboxylic acids is 2. The Morgan fingerprint density at radius 2 is 1.81 bits per heavy atom. The Morgan fingerprint density at radius 1 is 1.03 bits per heavy atom. The van der Waals surface area contributed by atoms with Crippen LogP contribution in [-0.2, 0) is 17.9 Å². The first-order valence-electron chi connectivity index (χ1n) is 10.1. The summed E-state index contributed by atoms with van der Waals surface area (Å²) in [4.78, 5) is 34.9. The smallest absolute Gasteiger partial charge is 0.327 e. The summed E-state index contributed by atoms with van der Waals surface area (Å²) in [5.74, 6) is 1.76. The van der Waals surface area contributed by atoms with Gasteiger partial charge in [0.25, 0.3) is 5.91 Å². The van der Waals surface area contributed by atoms with E-state index in [0.29, 0.717) is 24.8 Å². The van der Waals surface area contributed by atoms with Crippen LogP contribution in [0.5, 0.6) is 11.5 Å². The van der Waals surface area contributed by atoms with E-state index in [4.69, 9.17) is 14.5 Å². The van der Waals surface area contributed by atoms with Crippen LogP contribution in [0, 0.1) is 0 Å². The minimum absolute atomic E-state index is 0.221. The first-order chi connectivity index (χ1) is 15.0. The number of hydrogen-bond donors (Lipinski definition) is 1. The SMILES string of the molecule is CN1C(=O)C2C(NC(=NCc3ccc4c(c3)OCO4)N2Cc2ccccc2)N(C)C1=O. The summed E-state index contributed by atoms with van der Waals surface area (Å²) in [7, 11) is 3.21. The van der Waals surface area contributed by atoms with Crippen molar-refractivity contribution >= 4 is 17.9 Å². The van der Waals surface area contributed by atoms with Crippen molar-refractivity contribution in [2.24, 2.45) is 4.99 Å². The maximum atomic E-state index is 13.0. The van der Waals surface area contributed by atoms with Gasteiger partial charge in [-0.25, -0.2) is 9.79 Å². The minimum Gasteiger partial charge on any atom is -0.454 e. The number of guanidine groups is 1. The Labute approximate surface area is 179 Å². The second-order valence-corrected chi connectivity index (χ2v) is 7.77. The number of carbonyl (C=O) groups is 2. The molecule has 9 nitrogen and oxygen atoms in total. The molecule has 160 valence electrons. The number of nitrogens with one attached hydrogen (secondary N) is 1. The quantitative estimate of drug-likeness (QED) is 0.807. The highest BCUT2D eigenvalue weighted by molar-refractivity contribution is 6.04. The summed E-state index contributed by atoms with van der Waals surface area (Å²) < 4.78 is 10.8. The highest BCUT2D eigenvalue weighted by atomic mass is 16.7. The van der Waals surface area contributed by atoms with Crippen LogP contribution in [0.25, 0.3) is 0 Å². The van der Waals surface area contributed by atoms with Gasteiger partial charge in [-0.3, -0.25) is 9.69 Å². The third-order valence-electron chi connectivity index (χ3n) is 5.82. The van der Waals surface area contributed by atoms with E-state index in [1.54, 1.807) is 11.9 Å². The van der Waals surface area contributed by atoms with Crippen LogP contribution in [0.1, 0.15) is 11.1 Å². The molecule has 0 spiro atoms. The van der Waals surface area contributed by atoms with Crippen molar-refractivity contribution < 1.29 is 19.1 Å². The van der Waals surface area contributed by atoms with Gasteiger partial charge in [-0.2, -0.15) is 0 Å². The molecule has 3 heterocycles. The van der Waals surface area contributed by atoms with Crippen LogP contribution in [0.2, 0.25) is 0 Å². The van der Waals surface area contributed by atoms with E-state index in [2.05, 4.69) is 5.32 Å². The molecule has 2 fully saturated rings. The number of aliphatic imine (C=N–C) groups is 1. The number of fused-ring (bicyclic) bond motifs is 2. The number of nitrogens with zero attached hydrogens (tertiary/aromatic N) is 4. The van der Waals surface area contributed by atoms with Gasteiger partial charge >= 0.3 is 6.03 Å². The lowest BCUT2D eigenvalue weighted by molar-refractivity contribution is -0.136. The van der Waals surface area contributed by atoms with Crippen molar-refractivity contribution in [1.29, 1.82) is 0 Å². The van der Waals surface area contributed by atoms with Crippen molar-refractivity contribution in [1.82, 2.24) is 20.0 Å². The highest BCUT2D eigenvalue weighted by Crippen LogP contribution is 2.33. The van der Waals surface area contributed by atoms with Crippen LogP contribution in [0.15, 0.2) is 53.5 Å². The Balaban J connectivity index is 1.46. The molecule has 0 aromatic heterocycles. The summed E-state index contributed by atoms with van der Waals surface area (Å²) >= 11 is 0. The number of imide groups is 1. The minimum atomic E-state index is -0.552. The van der Waals surface area contributed by atoms with Gasteiger partial charge in [-0.05, 0) is 23.3 Å². The van der Waals surface area contributed by atoms with Gasteiger partial charge in [0.15, 0.2) is 23.5 Å². The molecule has 1 N–H and O–H groups in total. The summed E-state index contributed by atoms with van der Waals surface area (Å²) in [5, 5.41) is 3.29. The van der Waals surface area contributed by atoms with Crippen molar-refractivity contribution in [2.45, 2.75) is 25.3 Å². The number of benzene rings is 2. The molecule has 9 heteroatoms. The van der Waals surface area contributed by atoms with Crippen LogP contribution < -0.4 is 14.8 Å². The van der Waals surface area contributed by atoms with Gasteiger partial charge in [-0.1, -0.05) is 36.4 Å². The summed E-state index contributed by atoms with van der Waals surface area (Å²) in [6, 6.07) is 14.7. The fourth-order valence-electron chi connectivity index (χ4n) is 4.12. The summed E-state index contributed by atoms with van der Waals surface area (Å²) in [5.41, 5.74) is 2.01. The van der Waals surface area contributed by atoms with Gasteiger partial charge < -0.3 is 24.6 Å². The number of amides is 3. The zero-order valence-corrected chi connectivity index (χ0v) is 17.3. The zero-order chi connectivity index (χ0) is 21.5. The van der Waals surface area contributed by atoms with Crippen molar-refractivity contribution in [3.05, 3.63) is 59.7 Å². The van der Waals surface area contributed by atoms with Crippen molar-refractivity contribution in [3.63, 3.8) is 0 Å².